The molecule has 0 fully saturated rings. The molecule has 0 aliphatic heterocycles. The van der Waals surface area contributed by atoms with E-state index in [4.69, 9.17) is 10.5 Å². The number of hydrogen-bond acceptors (Lipinski definition) is 4. The Labute approximate surface area is 124 Å². The fraction of sp³-hybridized carbons (Fsp3) is 0.375. The third kappa shape index (κ3) is 4.16. The SMILES string of the molecule is Cc1cc(=O)n(CC(N)c2ccc(OC(C)C)cc2)cn1. The molecule has 2 N–H and O–H groups in total. The van der Waals surface area contributed by atoms with Gasteiger partial charge in [-0.05, 0) is 38.5 Å². The Balaban J connectivity index is 2.09. The van der Waals surface area contributed by atoms with Gasteiger partial charge >= 0.3 is 0 Å². The van der Waals surface area contributed by atoms with Crippen molar-refractivity contribution >= 4 is 0 Å². The molecule has 5 heteroatoms. The second-order valence-electron chi connectivity index (χ2n) is 5.36. The second kappa shape index (κ2) is 6.54. The fourth-order valence-electron chi connectivity index (χ4n) is 2.04. The first kappa shape index (κ1) is 15.3. The maximum atomic E-state index is 11.8. The average molecular weight is 287 g/mol. The first-order valence-corrected chi connectivity index (χ1v) is 7.01. The van der Waals surface area contributed by atoms with Gasteiger partial charge in [-0.15, -0.1) is 0 Å². The van der Waals surface area contributed by atoms with E-state index in [0.29, 0.717) is 12.2 Å². The van der Waals surface area contributed by atoms with Crippen LogP contribution in [0, 0.1) is 6.92 Å². The van der Waals surface area contributed by atoms with Crippen molar-refractivity contribution in [1.82, 2.24) is 9.55 Å². The molecule has 0 saturated heterocycles. The summed E-state index contributed by atoms with van der Waals surface area (Å²) in [5, 5.41) is 0. The van der Waals surface area contributed by atoms with Gasteiger partial charge in [0.05, 0.1) is 12.4 Å². The predicted octanol–water partition coefficient (Wildman–Crippen LogP) is 2.04. The van der Waals surface area contributed by atoms with Gasteiger partial charge in [-0.3, -0.25) is 9.36 Å². The van der Waals surface area contributed by atoms with Crippen LogP contribution in [0.5, 0.6) is 5.75 Å². The standard InChI is InChI=1S/C16H21N3O2/c1-11(2)21-14-6-4-13(5-7-14)15(17)9-19-10-18-12(3)8-16(19)20/h4-8,10-11,15H,9,17H2,1-3H3. The van der Waals surface area contributed by atoms with Crippen LogP contribution in [-0.4, -0.2) is 15.7 Å². The van der Waals surface area contributed by atoms with Gasteiger partial charge in [0.25, 0.3) is 5.56 Å². The Morgan fingerprint density at radius 2 is 1.95 bits per heavy atom. The third-order valence-electron chi connectivity index (χ3n) is 3.09. The van der Waals surface area contributed by atoms with Crippen LogP contribution >= 0.6 is 0 Å². The van der Waals surface area contributed by atoms with Gasteiger partial charge in [0.15, 0.2) is 0 Å². The van der Waals surface area contributed by atoms with Gasteiger partial charge in [-0.25, -0.2) is 4.98 Å². The van der Waals surface area contributed by atoms with E-state index in [9.17, 15) is 4.79 Å². The minimum atomic E-state index is -0.264. The summed E-state index contributed by atoms with van der Waals surface area (Å²) < 4.78 is 7.12. The minimum absolute atomic E-state index is 0.0855. The largest absolute Gasteiger partial charge is 0.491 e. The molecule has 0 radical (unpaired) electrons. The minimum Gasteiger partial charge on any atom is -0.491 e. The molecule has 1 heterocycles. The van der Waals surface area contributed by atoms with Crippen LogP contribution in [0.2, 0.25) is 0 Å². The van der Waals surface area contributed by atoms with Crippen LogP contribution in [0.4, 0.5) is 0 Å². The summed E-state index contributed by atoms with van der Waals surface area (Å²) >= 11 is 0. The zero-order valence-corrected chi connectivity index (χ0v) is 12.6. The molecule has 1 unspecified atom stereocenters. The zero-order chi connectivity index (χ0) is 15.4. The Kier molecular flexibility index (Phi) is 4.75. The molecule has 21 heavy (non-hydrogen) atoms. The smallest absolute Gasteiger partial charge is 0.253 e. The molecule has 112 valence electrons. The van der Waals surface area contributed by atoms with Crippen LogP contribution in [0.15, 0.2) is 41.5 Å². The molecule has 2 rings (SSSR count). The summed E-state index contributed by atoms with van der Waals surface area (Å²) in [5.41, 5.74) is 7.74. The Hall–Kier alpha value is -2.14. The zero-order valence-electron chi connectivity index (χ0n) is 12.6. The first-order valence-electron chi connectivity index (χ1n) is 7.01. The van der Waals surface area contributed by atoms with Gasteiger partial charge in [-0.2, -0.15) is 0 Å². The summed E-state index contributed by atoms with van der Waals surface area (Å²) in [6.07, 6.45) is 1.68. The highest BCUT2D eigenvalue weighted by atomic mass is 16.5. The molecule has 0 saturated carbocycles. The first-order chi connectivity index (χ1) is 9.95. The van der Waals surface area contributed by atoms with Gasteiger partial charge in [0.1, 0.15) is 5.75 Å². The van der Waals surface area contributed by atoms with E-state index in [-0.39, 0.29) is 17.7 Å². The van der Waals surface area contributed by atoms with Crippen molar-refractivity contribution in [3.8, 4) is 5.75 Å². The van der Waals surface area contributed by atoms with E-state index < -0.39 is 0 Å². The van der Waals surface area contributed by atoms with Crippen LogP contribution in [0.3, 0.4) is 0 Å². The fourth-order valence-corrected chi connectivity index (χ4v) is 2.04. The van der Waals surface area contributed by atoms with Gasteiger partial charge in [0.2, 0.25) is 0 Å². The Morgan fingerprint density at radius 3 is 2.52 bits per heavy atom. The Bertz CT molecular complexity index is 647. The Morgan fingerprint density at radius 1 is 1.29 bits per heavy atom. The molecule has 0 bridgehead atoms. The summed E-state index contributed by atoms with van der Waals surface area (Å²) in [5.74, 6) is 0.815. The van der Waals surface area contributed by atoms with Gasteiger partial charge in [-0.1, -0.05) is 12.1 Å². The maximum Gasteiger partial charge on any atom is 0.253 e. The highest BCUT2D eigenvalue weighted by Crippen LogP contribution is 2.18. The van der Waals surface area contributed by atoms with E-state index in [1.165, 1.54) is 17.0 Å². The normalized spacial score (nSPS) is 12.4. The van der Waals surface area contributed by atoms with Crippen LogP contribution in [0.1, 0.15) is 31.1 Å². The van der Waals surface area contributed by atoms with Crippen LogP contribution in [0.25, 0.3) is 0 Å². The van der Waals surface area contributed by atoms with Crippen molar-refractivity contribution in [3.63, 3.8) is 0 Å². The van der Waals surface area contributed by atoms with Gasteiger partial charge < -0.3 is 10.5 Å². The molecule has 1 aromatic heterocycles. The number of aromatic nitrogens is 2. The van der Waals surface area contributed by atoms with Gasteiger partial charge in [0, 0.05) is 24.3 Å². The molecule has 2 aromatic rings. The number of nitrogens with two attached hydrogens (primary N) is 1. The third-order valence-corrected chi connectivity index (χ3v) is 3.09. The van der Waals surface area contributed by atoms with E-state index >= 15 is 0 Å². The van der Waals surface area contributed by atoms with Crippen molar-refractivity contribution in [3.05, 3.63) is 58.3 Å². The summed E-state index contributed by atoms with van der Waals surface area (Å²) in [4.78, 5) is 16.0. The maximum absolute atomic E-state index is 11.8. The van der Waals surface area contributed by atoms with Crippen molar-refractivity contribution in [2.24, 2.45) is 5.73 Å². The van der Waals surface area contributed by atoms with E-state index in [2.05, 4.69) is 4.98 Å². The lowest BCUT2D eigenvalue weighted by atomic mass is 10.1. The number of aryl methyl sites for hydroxylation is 1. The van der Waals surface area contributed by atoms with E-state index in [1.54, 1.807) is 6.92 Å². The lowest BCUT2D eigenvalue weighted by Crippen LogP contribution is -2.26. The van der Waals surface area contributed by atoms with Crippen LogP contribution in [-0.2, 0) is 6.54 Å². The molecule has 1 atom stereocenters. The second-order valence-corrected chi connectivity index (χ2v) is 5.36. The van der Waals surface area contributed by atoms with Crippen LogP contribution < -0.4 is 16.0 Å². The monoisotopic (exact) mass is 287 g/mol. The van der Waals surface area contributed by atoms with Crippen molar-refractivity contribution in [2.75, 3.05) is 0 Å². The summed E-state index contributed by atoms with van der Waals surface area (Å²) in [7, 11) is 0. The number of ether oxygens (including phenoxy) is 1. The number of benzene rings is 1. The summed E-state index contributed by atoms with van der Waals surface area (Å²) in [6, 6.07) is 8.88. The number of hydrogen-bond donors (Lipinski definition) is 1. The lowest BCUT2D eigenvalue weighted by Gasteiger charge is -2.15. The van der Waals surface area contributed by atoms with Crippen molar-refractivity contribution in [2.45, 2.75) is 39.5 Å². The van der Waals surface area contributed by atoms with Crippen molar-refractivity contribution < 1.29 is 4.74 Å². The van der Waals surface area contributed by atoms with E-state index in [0.717, 1.165) is 11.3 Å². The molecule has 0 amide bonds. The molecule has 1 aromatic carbocycles. The van der Waals surface area contributed by atoms with Crippen molar-refractivity contribution in [1.29, 1.82) is 0 Å². The highest BCUT2D eigenvalue weighted by molar-refractivity contribution is 5.29. The molecular formula is C16H21N3O2. The molecule has 0 aliphatic rings. The molecule has 0 aliphatic carbocycles. The predicted molar refractivity (Wildman–Crippen MR) is 82.4 cm³/mol. The molecular weight excluding hydrogens is 266 g/mol. The van der Waals surface area contributed by atoms with E-state index in [1.807, 2.05) is 38.1 Å². The lowest BCUT2D eigenvalue weighted by molar-refractivity contribution is 0.242. The number of nitrogens with zero attached hydrogens (tertiary/aromatic N) is 2. The summed E-state index contributed by atoms with van der Waals surface area (Å²) in [6.45, 7) is 6.16. The highest BCUT2D eigenvalue weighted by Gasteiger charge is 2.09. The quantitative estimate of drug-likeness (QED) is 0.913. The average Bonchev–Trinajstić information content (AvgIpc) is 2.42. The number of rotatable bonds is 5. The molecule has 0 spiro atoms. The topological polar surface area (TPSA) is 70.1 Å². The molecule has 5 nitrogen and oxygen atoms in total.